The molecule has 0 spiro atoms. The number of hydrogen-bond acceptors (Lipinski definition) is 9. The number of nitrogens with two attached hydrogens (primary N) is 1. The Bertz CT molecular complexity index is 1950. The molecule has 0 saturated carbocycles. The maximum absolute atomic E-state index is 15.0. The third kappa shape index (κ3) is 8.74. The van der Waals surface area contributed by atoms with Crippen molar-refractivity contribution >= 4 is 52.2 Å². The topological polar surface area (TPSA) is 159 Å². The van der Waals surface area contributed by atoms with Gasteiger partial charge in [-0.1, -0.05) is 55.2 Å². The van der Waals surface area contributed by atoms with Crippen molar-refractivity contribution < 1.29 is 29.1 Å². The zero-order valence-electron chi connectivity index (χ0n) is 27.7. The van der Waals surface area contributed by atoms with Gasteiger partial charge in [0.1, 0.15) is 22.3 Å². The van der Waals surface area contributed by atoms with E-state index in [0.717, 1.165) is 11.6 Å². The highest BCUT2D eigenvalue weighted by atomic mass is 35.5. The van der Waals surface area contributed by atoms with Gasteiger partial charge < -0.3 is 29.4 Å². The van der Waals surface area contributed by atoms with E-state index < -0.39 is 29.1 Å². The zero-order chi connectivity index (χ0) is 36.0. The molecule has 0 radical (unpaired) electrons. The van der Waals surface area contributed by atoms with Crippen LogP contribution in [0.15, 0.2) is 77.0 Å². The average molecular weight is 714 g/mol. The van der Waals surface area contributed by atoms with E-state index in [0.29, 0.717) is 28.8 Å². The molecular formula is C34H37Cl2FN7O5+. The smallest absolute Gasteiger partial charge is 0.354 e. The van der Waals surface area contributed by atoms with E-state index in [-0.39, 0.29) is 39.5 Å². The van der Waals surface area contributed by atoms with Crippen molar-refractivity contribution in [3.8, 4) is 11.6 Å². The number of anilines is 2. The van der Waals surface area contributed by atoms with Crippen LogP contribution in [0.4, 0.5) is 21.7 Å². The van der Waals surface area contributed by atoms with Gasteiger partial charge in [0, 0.05) is 26.2 Å². The lowest BCUT2D eigenvalue weighted by Gasteiger charge is -2.26. The van der Waals surface area contributed by atoms with Gasteiger partial charge >= 0.3 is 5.97 Å². The molecule has 0 aliphatic rings. The number of carbonyl (C=O) groups is 1. The predicted molar refractivity (Wildman–Crippen MR) is 187 cm³/mol. The fourth-order valence-electron chi connectivity index (χ4n) is 5.04. The second kappa shape index (κ2) is 15.9. The molecule has 0 fully saturated rings. The molecule has 258 valence electrons. The van der Waals surface area contributed by atoms with Crippen LogP contribution in [-0.2, 0) is 11.3 Å². The number of aliphatic carboxylic acids is 1. The first-order chi connectivity index (χ1) is 23.2. The van der Waals surface area contributed by atoms with Crippen LogP contribution in [0.25, 0.3) is 0 Å². The van der Waals surface area contributed by atoms with E-state index in [1.807, 2.05) is 13.8 Å². The molecule has 2 aromatic carbocycles. The summed E-state index contributed by atoms with van der Waals surface area (Å²) in [5.74, 6) is -1.38. The van der Waals surface area contributed by atoms with Crippen molar-refractivity contribution in [1.29, 1.82) is 5.41 Å². The van der Waals surface area contributed by atoms with Gasteiger partial charge in [0.25, 0.3) is 11.4 Å². The molecule has 15 heteroatoms. The van der Waals surface area contributed by atoms with E-state index in [4.69, 9.17) is 38.1 Å². The third-order valence-electron chi connectivity index (χ3n) is 7.52. The molecule has 0 aliphatic heterocycles. The molecule has 2 aromatic heterocycles. The Labute approximate surface area is 292 Å². The van der Waals surface area contributed by atoms with Crippen LogP contribution in [0.5, 0.6) is 11.6 Å². The van der Waals surface area contributed by atoms with Gasteiger partial charge in [-0.2, -0.15) is 4.98 Å². The predicted octanol–water partition coefficient (Wildman–Crippen LogP) is 5.28. The fourth-order valence-corrected chi connectivity index (χ4v) is 5.39. The number of quaternary nitrogens is 1. The minimum Gasteiger partial charge on any atom is -0.497 e. The summed E-state index contributed by atoms with van der Waals surface area (Å²) in [6.07, 6.45) is 3.06. The zero-order valence-corrected chi connectivity index (χ0v) is 29.2. The first-order valence-electron chi connectivity index (χ1n) is 15.0. The van der Waals surface area contributed by atoms with E-state index in [1.165, 1.54) is 42.3 Å². The molecule has 0 aliphatic carbocycles. The summed E-state index contributed by atoms with van der Waals surface area (Å²) < 4.78 is 27.2. The molecule has 4 aromatic rings. The number of rotatable bonds is 14. The summed E-state index contributed by atoms with van der Waals surface area (Å²) in [4.78, 5) is 36.2. The van der Waals surface area contributed by atoms with Gasteiger partial charge in [0.2, 0.25) is 11.6 Å². The maximum atomic E-state index is 15.0. The third-order valence-corrected chi connectivity index (χ3v) is 8.10. The van der Waals surface area contributed by atoms with Crippen LogP contribution >= 0.6 is 23.2 Å². The van der Waals surface area contributed by atoms with E-state index in [1.54, 1.807) is 55.7 Å². The second-order valence-corrected chi connectivity index (χ2v) is 12.3. The Morgan fingerprint density at radius 3 is 2.37 bits per heavy atom. The maximum Gasteiger partial charge on any atom is 0.354 e. The lowest BCUT2D eigenvalue weighted by atomic mass is 9.89. The SMILES string of the molecule is COc1ccc(Cn2cc(NC(/C(C(=N)C(=O)O)=C(/[NH2+]c3cnc(N(C)C)nc3OC)C(C)C)c3ccc(Cl)c(F)c3)cc(Cl)c2=O)cc1. The molecule has 0 bridgehead atoms. The van der Waals surface area contributed by atoms with Crippen LogP contribution in [0.2, 0.25) is 10.0 Å². The summed E-state index contributed by atoms with van der Waals surface area (Å²) in [5, 5.41) is 23.7. The standard InChI is InChI=1S/C34H36Cl2FN7O5/c1-18(2)29(41-26-15-39-34(43(3)4)42-31(26)49-6)27(28(38)33(46)47)30(20-9-12-23(35)25(37)13-20)40-21-14-24(36)32(45)44(17-21)16-19-7-10-22(48-5)11-8-19/h7-15,17-18,30,38,40-41H,16H2,1-6H3,(H,46,47)/p+1/b29-27+,38-28?. The number of methoxy groups -OCH3 is 2. The second-order valence-electron chi connectivity index (χ2n) is 11.5. The van der Waals surface area contributed by atoms with Crippen LogP contribution in [-0.4, -0.2) is 59.6 Å². The van der Waals surface area contributed by atoms with Gasteiger partial charge in [-0.25, -0.2) is 14.2 Å². The number of carboxylic acids is 1. The number of hydrogen-bond donors (Lipinski definition) is 4. The van der Waals surface area contributed by atoms with Gasteiger partial charge in [-0.3, -0.25) is 15.5 Å². The number of halogens is 3. The highest BCUT2D eigenvalue weighted by molar-refractivity contribution is 6.41. The Kier molecular flexibility index (Phi) is 12.0. The normalized spacial score (nSPS) is 12.3. The van der Waals surface area contributed by atoms with Gasteiger partial charge in [0.05, 0.1) is 49.3 Å². The molecule has 1 atom stereocenters. The van der Waals surface area contributed by atoms with Crippen LogP contribution in [0.3, 0.4) is 0 Å². The Balaban J connectivity index is 1.93. The largest absolute Gasteiger partial charge is 0.497 e. The molecule has 12 nitrogen and oxygen atoms in total. The molecule has 49 heavy (non-hydrogen) atoms. The number of ether oxygens (including phenoxy) is 2. The Morgan fingerprint density at radius 1 is 1.10 bits per heavy atom. The van der Waals surface area contributed by atoms with Crippen molar-refractivity contribution in [1.82, 2.24) is 14.5 Å². The van der Waals surface area contributed by atoms with Gasteiger partial charge in [0.15, 0.2) is 5.71 Å². The first-order valence-corrected chi connectivity index (χ1v) is 15.7. The minimum absolute atomic E-state index is 0.00647. The van der Waals surface area contributed by atoms with Crippen molar-refractivity contribution in [3.05, 3.63) is 110 Å². The summed E-state index contributed by atoms with van der Waals surface area (Å²) >= 11 is 12.5. The summed E-state index contributed by atoms with van der Waals surface area (Å²) in [6.45, 7) is 3.81. The molecule has 2 heterocycles. The number of allylic oxidation sites excluding steroid dienone is 1. The summed E-state index contributed by atoms with van der Waals surface area (Å²) in [5.41, 5.74) is 0.951. The Morgan fingerprint density at radius 2 is 1.80 bits per heavy atom. The molecular weight excluding hydrogens is 676 g/mol. The van der Waals surface area contributed by atoms with Crippen LogP contribution in [0.1, 0.15) is 31.0 Å². The van der Waals surface area contributed by atoms with Crippen LogP contribution < -0.4 is 30.6 Å². The van der Waals surface area contributed by atoms with Crippen LogP contribution in [0, 0.1) is 17.1 Å². The van der Waals surface area contributed by atoms with Crippen molar-refractivity contribution in [2.75, 3.05) is 38.5 Å². The fraction of sp³-hybridized carbons (Fsp3) is 0.265. The molecule has 0 amide bonds. The van der Waals surface area contributed by atoms with Crippen molar-refractivity contribution in [2.24, 2.45) is 5.92 Å². The number of pyridine rings is 1. The average Bonchev–Trinajstić information content (AvgIpc) is 3.07. The number of benzene rings is 2. The number of carboxylic acid groups (broad SMARTS) is 1. The Hall–Kier alpha value is -4.98. The molecule has 0 saturated heterocycles. The summed E-state index contributed by atoms with van der Waals surface area (Å²) in [7, 11) is 6.55. The molecule has 1 unspecified atom stereocenters. The number of aromatic nitrogens is 3. The lowest BCUT2D eigenvalue weighted by Crippen LogP contribution is -2.78. The van der Waals surface area contributed by atoms with E-state index in [2.05, 4.69) is 15.3 Å². The van der Waals surface area contributed by atoms with E-state index >= 15 is 4.39 Å². The quantitative estimate of drug-likeness (QED) is 0.128. The minimum atomic E-state index is -1.52. The van der Waals surface area contributed by atoms with Crippen molar-refractivity contribution in [2.45, 2.75) is 26.4 Å². The highest BCUT2D eigenvalue weighted by Crippen LogP contribution is 2.33. The number of nitrogens with one attached hydrogen (secondary N) is 2. The molecule has 5 N–H and O–H groups in total. The van der Waals surface area contributed by atoms with Crippen molar-refractivity contribution in [3.63, 3.8) is 0 Å². The van der Waals surface area contributed by atoms with E-state index in [9.17, 15) is 14.7 Å². The number of nitrogens with zero attached hydrogens (tertiary/aromatic N) is 4. The molecule has 4 rings (SSSR count). The van der Waals surface area contributed by atoms with Gasteiger partial charge in [-0.05, 0) is 41.5 Å². The lowest BCUT2D eigenvalue weighted by molar-refractivity contribution is -0.526. The van der Waals surface area contributed by atoms with Gasteiger partial charge in [-0.15, -0.1) is 0 Å². The summed E-state index contributed by atoms with van der Waals surface area (Å²) in [6, 6.07) is 11.4. The monoisotopic (exact) mass is 712 g/mol. The first kappa shape index (κ1) is 36.8. The highest BCUT2D eigenvalue weighted by Gasteiger charge is 2.33.